The Morgan fingerprint density at radius 1 is 2.00 bits per heavy atom. The molecule has 1 N–H and O–H groups in total. The molecule has 0 radical (unpaired) electrons. The quantitative estimate of drug-likeness (QED) is 0.393. The Balaban J connectivity index is 2.69. The van der Waals surface area contributed by atoms with Gasteiger partial charge in [-0.05, 0) is 0 Å². The topological polar surface area (TPSA) is 41.5 Å². The first kappa shape index (κ1) is 4.89. The molecule has 0 aromatic heterocycles. The summed E-state index contributed by atoms with van der Waals surface area (Å²) in [5, 5.41) is 0. The summed E-state index contributed by atoms with van der Waals surface area (Å²) in [5.74, 6) is 0. The van der Waals surface area contributed by atoms with Crippen molar-refractivity contribution in [3.05, 3.63) is 11.9 Å². The Morgan fingerprint density at radius 2 is 2.86 bits per heavy atom. The Hall–Kier alpha value is -0.260. The van der Waals surface area contributed by atoms with Crippen molar-refractivity contribution >= 4 is 27.6 Å². The third-order valence-electron chi connectivity index (χ3n) is 0.512. The lowest BCUT2D eigenvalue weighted by atomic mass is 10.6. The van der Waals surface area contributed by atoms with Crippen molar-refractivity contribution in [1.82, 2.24) is 3.53 Å². The fourth-order valence-electron chi connectivity index (χ4n) is 0.232. The number of carbonyl (C=O) groups excluding carboxylic acids is 1. The summed E-state index contributed by atoms with van der Waals surface area (Å²) < 4.78 is 6.72. The van der Waals surface area contributed by atoms with Gasteiger partial charge in [0.05, 0.1) is 0 Å². The lowest BCUT2D eigenvalue weighted by Gasteiger charge is -1.70. The molecule has 1 heterocycles. The Kier molecular flexibility index (Phi) is 1.50. The minimum absolute atomic E-state index is 0.253. The molecule has 0 fully saturated rings. The summed E-state index contributed by atoms with van der Waals surface area (Å²) >= 11 is -0.253. The van der Waals surface area contributed by atoms with Gasteiger partial charge in [-0.25, -0.2) is 3.15 Å². The molecule has 0 aromatic carbocycles. The van der Waals surface area contributed by atoms with E-state index in [9.17, 15) is 4.79 Å². The van der Waals surface area contributed by atoms with E-state index in [2.05, 4.69) is 6.68 Å². The number of hydrogen-bond donors (Lipinski definition) is 1. The summed E-state index contributed by atoms with van der Waals surface area (Å²) in [5.41, 5.74) is 0.549. The Labute approximate surface area is 51.3 Å². The van der Waals surface area contributed by atoms with Gasteiger partial charge in [-0.3, -0.25) is 4.79 Å². The van der Waals surface area contributed by atoms with Crippen LogP contribution >= 0.6 is 21.3 Å². The maximum absolute atomic E-state index is 9.82. The zero-order valence-electron chi connectivity index (χ0n) is 3.39. The van der Waals surface area contributed by atoms with E-state index in [0.29, 0.717) is 5.70 Å². The van der Waals surface area contributed by atoms with Crippen LogP contribution in [0.2, 0.25) is 0 Å². The average molecular weight is 210 g/mol. The van der Waals surface area contributed by atoms with Crippen LogP contribution in [0.25, 0.3) is 0 Å². The number of rotatable bonds is 1. The number of aldehydes is 1. The van der Waals surface area contributed by atoms with Crippen LogP contribution in [0.5, 0.6) is 0 Å². The predicted molar refractivity (Wildman–Crippen MR) is 33.7 cm³/mol. The minimum atomic E-state index is -0.253. The van der Waals surface area contributed by atoms with Crippen molar-refractivity contribution in [3.8, 4) is 0 Å². The summed E-state index contributed by atoms with van der Waals surface area (Å²) in [6.07, 6.45) is 2.39. The second-order valence-electron chi connectivity index (χ2n) is 0.965. The summed E-state index contributed by atoms with van der Waals surface area (Å²) in [6, 6.07) is 0. The number of nitrogens with one attached hydrogen (secondary N) is 1. The van der Waals surface area contributed by atoms with E-state index in [1.165, 1.54) is 0 Å². The van der Waals surface area contributed by atoms with E-state index < -0.39 is 0 Å². The van der Waals surface area contributed by atoms with Crippen molar-refractivity contribution in [2.45, 2.75) is 0 Å². The van der Waals surface area contributed by atoms with Crippen LogP contribution in [0.4, 0.5) is 0 Å². The molecule has 1 rings (SSSR count). The third kappa shape index (κ3) is 1.05. The van der Waals surface area contributed by atoms with Crippen LogP contribution in [0.3, 0.4) is 0 Å². The lowest BCUT2D eigenvalue weighted by Crippen LogP contribution is -1.79. The van der Waals surface area contributed by atoms with Crippen LogP contribution in [0, 0.1) is 0 Å². The molecule has 0 amide bonds. The molecule has 1 aliphatic rings. The summed E-state index contributed by atoms with van der Waals surface area (Å²) in [6.45, 7) is 0. The van der Waals surface area contributed by atoms with Crippen LogP contribution in [-0.2, 0) is 4.79 Å². The second kappa shape index (κ2) is 2.15. The molecule has 38 valence electrons. The highest BCUT2D eigenvalue weighted by atomic mass is 127. The van der Waals surface area contributed by atoms with Gasteiger partial charge in [0, 0.05) is 6.20 Å². The second-order valence-corrected chi connectivity index (χ2v) is 2.55. The fraction of sp³-hybridized carbons (Fsp3) is 0. The van der Waals surface area contributed by atoms with E-state index in [1.807, 2.05) is 0 Å². The molecule has 0 spiro atoms. The molecule has 0 aliphatic carbocycles. The molecule has 0 atom stereocenters. The Bertz CT molecular complexity index is 140. The van der Waals surface area contributed by atoms with E-state index in [1.54, 1.807) is 6.20 Å². The molecule has 0 saturated carbocycles. The van der Waals surface area contributed by atoms with Crippen molar-refractivity contribution in [2.75, 3.05) is 0 Å². The van der Waals surface area contributed by atoms with Crippen molar-refractivity contribution in [1.29, 1.82) is 0 Å². The van der Waals surface area contributed by atoms with Crippen molar-refractivity contribution in [2.24, 2.45) is 3.15 Å². The zero-order valence-corrected chi connectivity index (χ0v) is 5.55. The van der Waals surface area contributed by atoms with Gasteiger partial charge in [0.15, 0.2) is 6.29 Å². The monoisotopic (exact) mass is 210 g/mol. The van der Waals surface area contributed by atoms with Gasteiger partial charge in [-0.1, -0.05) is 0 Å². The zero-order chi connectivity index (χ0) is 5.11. The number of nitrogens with zero attached hydrogens (tertiary/aromatic N) is 1. The van der Waals surface area contributed by atoms with E-state index >= 15 is 0 Å². The van der Waals surface area contributed by atoms with Gasteiger partial charge in [0.2, 0.25) is 0 Å². The minimum Gasteiger partial charge on any atom is -0.323 e. The number of halogens is 1. The highest BCUT2D eigenvalue weighted by Gasteiger charge is 1.92. The van der Waals surface area contributed by atoms with Gasteiger partial charge >= 0.3 is 0 Å². The molecule has 0 saturated heterocycles. The van der Waals surface area contributed by atoms with E-state index in [4.69, 9.17) is 0 Å². The van der Waals surface area contributed by atoms with E-state index in [0.717, 1.165) is 6.29 Å². The average Bonchev–Trinajstić information content (AvgIpc) is 2.14. The Morgan fingerprint density at radius 3 is 3.14 bits per heavy atom. The summed E-state index contributed by atoms with van der Waals surface area (Å²) in [4.78, 5) is 9.82. The fourth-order valence-corrected chi connectivity index (χ4v) is 1.36. The molecule has 3 nitrogen and oxygen atoms in total. The van der Waals surface area contributed by atoms with Gasteiger partial charge in [-0.2, -0.15) is 0 Å². The molecule has 0 aromatic rings. The number of carbonyl (C=O) groups is 1. The molecular formula is C3H3IN2O. The van der Waals surface area contributed by atoms with Crippen LogP contribution in [-0.4, -0.2) is 6.29 Å². The first-order valence-electron chi connectivity index (χ1n) is 1.68. The van der Waals surface area contributed by atoms with Crippen LogP contribution in [0.1, 0.15) is 0 Å². The number of hydrogen-bond acceptors (Lipinski definition) is 3. The van der Waals surface area contributed by atoms with Gasteiger partial charge in [0.25, 0.3) is 0 Å². The van der Waals surface area contributed by atoms with Crippen LogP contribution in [0.15, 0.2) is 15.0 Å². The number of allylic oxidation sites excluding steroid dienone is 1. The smallest absolute Gasteiger partial charge is 0.170 e. The van der Waals surface area contributed by atoms with Gasteiger partial charge in [-0.15, -0.1) is 0 Å². The van der Waals surface area contributed by atoms with Crippen LogP contribution < -0.4 is 3.53 Å². The highest BCUT2D eigenvalue weighted by Crippen LogP contribution is 2.08. The molecular weight excluding hydrogens is 207 g/mol. The SMILES string of the molecule is O=CC1=CNI=N1. The third-order valence-corrected chi connectivity index (χ3v) is 1.90. The largest absolute Gasteiger partial charge is 0.323 e. The first-order chi connectivity index (χ1) is 3.43. The molecule has 7 heavy (non-hydrogen) atoms. The van der Waals surface area contributed by atoms with Gasteiger partial charge < -0.3 is 3.53 Å². The highest BCUT2D eigenvalue weighted by molar-refractivity contribution is 14.1. The van der Waals surface area contributed by atoms with Crippen molar-refractivity contribution < 1.29 is 4.79 Å². The molecule has 1 aliphatic heterocycles. The maximum Gasteiger partial charge on any atom is 0.170 e. The molecule has 0 bridgehead atoms. The molecule has 4 heteroatoms. The van der Waals surface area contributed by atoms with Crippen molar-refractivity contribution in [3.63, 3.8) is 0 Å². The molecule has 0 unspecified atom stereocenters. The predicted octanol–water partition coefficient (Wildman–Crippen LogP) is 0.699. The maximum atomic E-state index is 9.82. The standard InChI is InChI=1S/C3H3IN2O/c7-2-3-1-5-4-6-3/h1-2H,(H,5,6). The first-order valence-corrected chi connectivity index (χ1v) is 3.73. The van der Waals surface area contributed by atoms with Gasteiger partial charge in [0.1, 0.15) is 27.0 Å². The lowest BCUT2D eigenvalue weighted by molar-refractivity contribution is -0.104. The summed E-state index contributed by atoms with van der Waals surface area (Å²) in [7, 11) is 0. The normalized spacial score (nSPS) is 16.9. The van der Waals surface area contributed by atoms with E-state index in [-0.39, 0.29) is 21.3 Å².